The molecule has 0 aliphatic carbocycles. The topological polar surface area (TPSA) is 81.0 Å². The molecule has 1 saturated heterocycles. The van der Waals surface area contributed by atoms with Gasteiger partial charge in [0.25, 0.3) is 5.91 Å². The standard InChI is InChI=1S/C22H29N3O4S2/c1-3-25-17-10-9-16(21(28)29-4-2)13-18(17)31-22(25)23-19(26)14-30-15-20(27)24-11-7-5-6-8-12-24/h9-10,13H,3-8,11-12,14-15H2,1-2H3. The predicted molar refractivity (Wildman–Crippen MR) is 124 cm³/mol. The van der Waals surface area contributed by atoms with Crippen molar-refractivity contribution in [3.63, 3.8) is 0 Å². The van der Waals surface area contributed by atoms with Crippen molar-refractivity contribution in [2.45, 2.75) is 46.1 Å². The van der Waals surface area contributed by atoms with Crippen LogP contribution in [-0.2, 0) is 20.9 Å². The van der Waals surface area contributed by atoms with Gasteiger partial charge in [0.2, 0.25) is 5.91 Å². The van der Waals surface area contributed by atoms with Gasteiger partial charge in [0.15, 0.2) is 4.80 Å². The summed E-state index contributed by atoms with van der Waals surface area (Å²) in [6, 6.07) is 5.37. The van der Waals surface area contributed by atoms with E-state index < -0.39 is 0 Å². The van der Waals surface area contributed by atoms with Crippen LogP contribution in [0.3, 0.4) is 0 Å². The fourth-order valence-electron chi connectivity index (χ4n) is 3.58. The summed E-state index contributed by atoms with van der Waals surface area (Å²) in [4.78, 5) is 43.6. The lowest BCUT2D eigenvalue weighted by molar-refractivity contribution is -0.128. The Kier molecular flexibility index (Phi) is 8.71. The number of nitrogens with zero attached hydrogens (tertiary/aromatic N) is 3. The number of ether oxygens (including phenoxy) is 1. The number of likely N-dealkylation sites (tertiary alicyclic amines) is 1. The summed E-state index contributed by atoms with van der Waals surface area (Å²) < 4.78 is 7.90. The highest BCUT2D eigenvalue weighted by Gasteiger charge is 2.16. The first kappa shape index (κ1) is 23.5. The third-order valence-electron chi connectivity index (χ3n) is 5.14. The largest absolute Gasteiger partial charge is 0.462 e. The molecule has 2 aromatic rings. The molecule has 0 radical (unpaired) electrons. The fraction of sp³-hybridized carbons (Fsp3) is 0.545. The number of aryl methyl sites for hydroxylation is 1. The second-order valence-electron chi connectivity index (χ2n) is 7.33. The van der Waals surface area contributed by atoms with Crippen molar-refractivity contribution in [1.29, 1.82) is 0 Å². The summed E-state index contributed by atoms with van der Waals surface area (Å²) in [7, 11) is 0. The Morgan fingerprint density at radius 3 is 2.52 bits per heavy atom. The van der Waals surface area contributed by atoms with Crippen LogP contribution in [0.5, 0.6) is 0 Å². The Hall–Kier alpha value is -2.13. The maximum atomic E-state index is 12.4. The molecule has 2 heterocycles. The highest BCUT2D eigenvalue weighted by molar-refractivity contribution is 8.00. The lowest BCUT2D eigenvalue weighted by Gasteiger charge is -2.19. The lowest BCUT2D eigenvalue weighted by atomic mass is 10.2. The Bertz CT molecular complexity index is 1000. The van der Waals surface area contributed by atoms with Gasteiger partial charge in [0, 0.05) is 19.6 Å². The first-order valence-electron chi connectivity index (χ1n) is 10.8. The van der Waals surface area contributed by atoms with Crippen LogP contribution >= 0.6 is 23.1 Å². The Balaban J connectivity index is 1.66. The molecule has 0 bridgehead atoms. The van der Waals surface area contributed by atoms with Crippen LogP contribution < -0.4 is 4.80 Å². The zero-order valence-corrected chi connectivity index (χ0v) is 19.7. The van der Waals surface area contributed by atoms with Gasteiger partial charge in [0.05, 0.1) is 33.9 Å². The number of hydrogen-bond donors (Lipinski definition) is 0. The number of rotatable bonds is 7. The van der Waals surface area contributed by atoms with Crippen molar-refractivity contribution in [1.82, 2.24) is 9.47 Å². The van der Waals surface area contributed by atoms with Gasteiger partial charge >= 0.3 is 5.97 Å². The monoisotopic (exact) mass is 463 g/mol. The van der Waals surface area contributed by atoms with E-state index in [1.807, 2.05) is 22.5 Å². The molecule has 2 amide bonds. The van der Waals surface area contributed by atoms with Gasteiger partial charge in [-0.2, -0.15) is 4.99 Å². The number of fused-ring (bicyclic) bond motifs is 1. The van der Waals surface area contributed by atoms with E-state index in [9.17, 15) is 14.4 Å². The molecular weight excluding hydrogens is 434 g/mol. The van der Waals surface area contributed by atoms with Crippen LogP contribution in [0.25, 0.3) is 10.2 Å². The smallest absolute Gasteiger partial charge is 0.338 e. The molecule has 3 rings (SSSR count). The first-order valence-corrected chi connectivity index (χ1v) is 12.7. The fourth-order valence-corrected chi connectivity index (χ4v) is 5.43. The van der Waals surface area contributed by atoms with Gasteiger partial charge in [-0.25, -0.2) is 4.79 Å². The summed E-state index contributed by atoms with van der Waals surface area (Å²) >= 11 is 2.70. The molecule has 1 fully saturated rings. The van der Waals surface area contributed by atoms with Gasteiger partial charge in [0.1, 0.15) is 0 Å². The number of esters is 1. The highest BCUT2D eigenvalue weighted by Crippen LogP contribution is 2.20. The van der Waals surface area contributed by atoms with E-state index in [1.165, 1.54) is 35.9 Å². The van der Waals surface area contributed by atoms with Gasteiger partial charge < -0.3 is 14.2 Å². The minimum absolute atomic E-state index is 0.108. The molecule has 1 aliphatic rings. The number of carbonyl (C=O) groups excluding carboxylic acids is 3. The summed E-state index contributed by atoms with van der Waals surface area (Å²) in [6.45, 7) is 6.39. The maximum Gasteiger partial charge on any atom is 0.338 e. The molecule has 0 N–H and O–H groups in total. The summed E-state index contributed by atoms with van der Waals surface area (Å²) in [5, 5.41) is 0. The number of thiazole rings is 1. The molecule has 1 aromatic carbocycles. The number of aromatic nitrogens is 1. The van der Waals surface area contributed by atoms with Crippen molar-refractivity contribution in [3.05, 3.63) is 28.6 Å². The minimum atomic E-state index is -0.360. The maximum absolute atomic E-state index is 12.4. The number of thioether (sulfide) groups is 1. The summed E-state index contributed by atoms with van der Waals surface area (Å²) in [6.07, 6.45) is 4.49. The molecule has 9 heteroatoms. The number of benzene rings is 1. The van der Waals surface area contributed by atoms with Crippen LogP contribution in [-0.4, -0.2) is 58.5 Å². The summed E-state index contributed by atoms with van der Waals surface area (Å²) in [5.74, 6) is -0.0266. The predicted octanol–water partition coefficient (Wildman–Crippen LogP) is 3.46. The Morgan fingerprint density at radius 1 is 1.10 bits per heavy atom. The van der Waals surface area contributed by atoms with Crippen molar-refractivity contribution in [3.8, 4) is 0 Å². The van der Waals surface area contributed by atoms with E-state index >= 15 is 0 Å². The quantitative estimate of drug-likeness (QED) is 0.588. The molecule has 7 nitrogen and oxygen atoms in total. The first-order chi connectivity index (χ1) is 15.0. The second kappa shape index (κ2) is 11.5. The molecule has 0 spiro atoms. The molecule has 0 atom stereocenters. The van der Waals surface area contributed by atoms with Crippen LogP contribution in [0, 0.1) is 0 Å². The van der Waals surface area contributed by atoms with Crippen molar-refractivity contribution >= 4 is 51.1 Å². The normalized spacial score (nSPS) is 15.2. The number of hydrogen-bond acceptors (Lipinski definition) is 6. The summed E-state index contributed by atoms with van der Waals surface area (Å²) in [5.41, 5.74) is 1.41. The van der Waals surface area contributed by atoms with E-state index in [0.717, 1.165) is 36.1 Å². The molecular formula is C22H29N3O4S2. The molecule has 0 saturated carbocycles. The second-order valence-corrected chi connectivity index (χ2v) is 9.32. The zero-order valence-electron chi connectivity index (χ0n) is 18.1. The van der Waals surface area contributed by atoms with Gasteiger partial charge in [-0.1, -0.05) is 24.2 Å². The molecule has 1 aromatic heterocycles. The van der Waals surface area contributed by atoms with E-state index in [-0.39, 0.29) is 23.5 Å². The third kappa shape index (κ3) is 6.20. The van der Waals surface area contributed by atoms with E-state index in [2.05, 4.69) is 4.99 Å². The van der Waals surface area contributed by atoms with Crippen LogP contribution in [0.2, 0.25) is 0 Å². The van der Waals surface area contributed by atoms with Crippen LogP contribution in [0.4, 0.5) is 0 Å². The molecule has 168 valence electrons. The SMILES string of the molecule is CCOC(=O)c1ccc2c(c1)sc(=NC(=O)CSCC(=O)N1CCCCCC1)n2CC. The van der Waals surface area contributed by atoms with E-state index in [1.54, 1.807) is 19.1 Å². The van der Waals surface area contributed by atoms with Crippen molar-refractivity contribution in [2.24, 2.45) is 4.99 Å². The number of amides is 2. The van der Waals surface area contributed by atoms with E-state index in [4.69, 9.17) is 4.74 Å². The minimum Gasteiger partial charge on any atom is -0.462 e. The van der Waals surface area contributed by atoms with Crippen molar-refractivity contribution in [2.75, 3.05) is 31.2 Å². The Morgan fingerprint density at radius 2 is 1.84 bits per heavy atom. The highest BCUT2D eigenvalue weighted by atomic mass is 32.2. The van der Waals surface area contributed by atoms with Gasteiger partial charge in [-0.15, -0.1) is 11.8 Å². The van der Waals surface area contributed by atoms with Gasteiger partial charge in [-0.05, 0) is 44.9 Å². The molecule has 1 aliphatic heterocycles. The Labute approximate surface area is 190 Å². The van der Waals surface area contributed by atoms with Crippen molar-refractivity contribution < 1.29 is 19.1 Å². The zero-order chi connectivity index (χ0) is 22.2. The van der Waals surface area contributed by atoms with Crippen LogP contribution in [0.1, 0.15) is 49.9 Å². The van der Waals surface area contributed by atoms with Crippen LogP contribution in [0.15, 0.2) is 23.2 Å². The average Bonchev–Trinajstić information content (AvgIpc) is 2.91. The average molecular weight is 464 g/mol. The van der Waals surface area contributed by atoms with E-state index in [0.29, 0.717) is 29.3 Å². The lowest BCUT2D eigenvalue weighted by Crippen LogP contribution is -2.33. The third-order valence-corrected chi connectivity index (χ3v) is 7.08. The van der Waals surface area contributed by atoms with Gasteiger partial charge in [-0.3, -0.25) is 9.59 Å². The molecule has 0 unspecified atom stereocenters. The molecule has 31 heavy (non-hydrogen) atoms. The number of carbonyl (C=O) groups is 3.